The molecule has 1 aromatic carbocycles. The number of guanidine groups is 1. The van der Waals surface area contributed by atoms with Crippen LogP contribution in [-0.4, -0.2) is 55.0 Å². The smallest absolute Gasteiger partial charge is 0.222 e. The van der Waals surface area contributed by atoms with Crippen LogP contribution in [0.3, 0.4) is 0 Å². The molecule has 6 nitrogen and oxygen atoms in total. The van der Waals surface area contributed by atoms with Gasteiger partial charge in [0.05, 0.1) is 6.54 Å². The Morgan fingerprint density at radius 2 is 2.00 bits per heavy atom. The third-order valence-corrected chi connectivity index (χ3v) is 4.95. The van der Waals surface area contributed by atoms with Crippen molar-refractivity contribution in [3.63, 3.8) is 0 Å². The molecule has 0 aromatic heterocycles. The second-order valence-electron chi connectivity index (χ2n) is 8.12. The minimum absolute atomic E-state index is 0.125. The molecular formula is C22H37N5O. The fraction of sp³-hybridized carbons (Fsp3) is 0.636. The molecule has 1 aliphatic rings. The number of aliphatic imine (C=N–C) groups is 1. The summed E-state index contributed by atoms with van der Waals surface area (Å²) < 4.78 is 0. The van der Waals surface area contributed by atoms with Gasteiger partial charge in [0.2, 0.25) is 5.91 Å². The maximum atomic E-state index is 11.7. The first-order valence-corrected chi connectivity index (χ1v) is 10.5. The summed E-state index contributed by atoms with van der Waals surface area (Å²) in [5.74, 6) is 1.12. The van der Waals surface area contributed by atoms with Crippen molar-refractivity contribution in [1.82, 2.24) is 20.9 Å². The van der Waals surface area contributed by atoms with Crippen molar-refractivity contribution in [2.75, 3.05) is 32.7 Å². The molecular weight excluding hydrogens is 350 g/mol. The molecule has 0 spiro atoms. The van der Waals surface area contributed by atoms with Crippen LogP contribution in [0.1, 0.15) is 58.6 Å². The van der Waals surface area contributed by atoms with Gasteiger partial charge < -0.3 is 20.9 Å². The molecule has 0 radical (unpaired) electrons. The summed E-state index contributed by atoms with van der Waals surface area (Å²) in [6.45, 7) is 12.7. The van der Waals surface area contributed by atoms with Crippen molar-refractivity contribution in [2.45, 2.75) is 58.5 Å². The molecule has 1 amide bonds. The van der Waals surface area contributed by atoms with Crippen LogP contribution in [0, 0.1) is 0 Å². The number of benzene rings is 1. The summed E-state index contributed by atoms with van der Waals surface area (Å²) in [5, 5.41) is 10.4. The standard InChI is InChI=1S/C22H37N5O/c1-5-23-21(24-14-10-16-27-15-9-13-20(27)28)25-17-22(3,4)26-18(2)19-11-7-6-8-12-19/h6-8,11-12,18,26H,5,9-10,13-17H2,1-4H3,(H2,23,24,25). The topological polar surface area (TPSA) is 68.8 Å². The van der Waals surface area contributed by atoms with E-state index in [1.165, 1.54) is 5.56 Å². The molecule has 1 aliphatic heterocycles. The first-order valence-electron chi connectivity index (χ1n) is 10.5. The summed E-state index contributed by atoms with van der Waals surface area (Å²) >= 11 is 0. The van der Waals surface area contributed by atoms with E-state index in [1.807, 2.05) is 11.0 Å². The fourth-order valence-corrected chi connectivity index (χ4v) is 3.49. The van der Waals surface area contributed by atoms with E-state index in [4.69, 9.17) is 4.99 Å². The van der Waals surface area contributed by atoms with Crippen LogP contribution in [0.4, 0.5) is 0 Å². The lowest BCUT2D eigenvalue weighted by Gasteiger charge is -2.29. The van der Waals surface area contributed by atoms with Gasteiger partial charge in [-0.2, -0.15) is 0 Å². The van der Waals surface area contributed by atoms with Crippen molar-refractivity contribution in [2.24, 2.45) is 4.99 Å². The second kappa shape index (κ2) is 11.1. The SMILES string of the molecule is CCNC(=NCC(C)(C)NC(C)c1ccccc1)NCCCN1CCCC1=O. The van der Waals surface area contributed by atoms with Gasteiger partial charge in [-0.15, -0.1) is 0 Å². The monoisotopic (exact) mass is 387 g/mol. The molecule has 1 saturated heterocycles. The van der Waals surface area contributed by atoms with Crippen molar-refractivity contribution >= 4 is 11.9 Å². The molecule has 28 heavy (non-hydrogen) atoms. The van der Waals surface area contributed by atoms with Crippen molar-refractivity contribution in [1.29, 1.82) is 0 Å². The van der Waals surface area contributed by atoms with Crippen molar-refractivity contribution in [3.8, 4) is 0 Å². The van der Waals surface area contributed by atoms with Crippen LogP contribution in [0.25, 0.3) is 0 Å². The van der Waals surface area contributed by atoms with Crippen molar-refractivity contribution < 1.29 is 4.79 Å². The Hall–Kier alpha value is -2.08. The van der Waals surface area contributed by atoms with E-state index in [9.17, 15) is 4.79 Å². The Morgan fingerprint density at radius 1 is 1.25 bits per heavy atom. The van der Waals surface area contributed by atoms with Crippen LogP contribution in [0.5, 0.6) is 0 Å². The number of nitrogens with zero attached hydrogens (tertiary/aromatic N) is 2. The molecule has 1 aromatic rings. The molecule has 2 rings (SSSR count). The fourth-order valence-electron chi connectivity index (χ4n) is 3.49. The van der Waals surface area contributed by atoms with Gasteiger partial charge in [0, 0.05) is 44.2 Å². The summed E-state index contributed by atoms with van der Waals surface area (Å²) in [5.41, 5.74) is 1.15. The van der Waals surface area contributed by atoms with E-state index in [1.54, 1.807) is 0 Å². The van der Waals surface area contributed by atoms with E-state index in [0.29, 0.717) is 18.9 Å². The number of nitrogens with one attached hydrogen (secondary N) is 3. The average Bonchev–Trinajstić information content (AvgIpc) is 3.08. The first-order chi connectivity index (χ1) is 13.4. The van der Waals surface area contributed by atoms with Gasteiger partial charge >= 0.3 is 0 Å². The van der Waals surface area contributed by atoms with Crippen LogP contribution in [0.2, 0.25) is 0 Å². The number of amides is 1. The predicted octanol–water partition coefficient (Wildman–Crippen LogP) is 2.68. The van der Waals surface area contributed by atoms with Crippen LogP contribution in [0.15, 0.2) is 35.3 Å². The number of hydrogen-bond acceptors (Lipinski definition) is 3. The van der Waals surface area contributed by atoms with Gasteiger partial charge in [-0.3, -0.25) is 9.79 Å². The van der Waals surface area contributed by atoms with Gasteiger partial charge in [-0.05, 0) is 46.1 Å². The van der Waals surface area contributed by atoms with E-state index in [0.717, 1.165) is 45.0 Å². The molecule has 0 saturated carbocycles. The lowest BCUT2D eigenvalue weighted by atomic mass is 10.0. The van der Waals surface area contributed by atoms with Crippen LogP contribution in [-0.2, 0) is 4.79 Å². The van der Waals surface area contributed by atoms with Crippen LogP contribution >= 0.6 is 0 Å². The lowest BCUT2D eigenvalue weighted by Crippen LogP contribution is -2.45. The molecule has 0 aliphatic carbocycles. The number of hydrogen-bond donors (Lipinski definition) is 3. The lowest BCUT2D eigenvalue weighted by molar-refractivity contribution is -0.127. The Labute approximate surface area is 170 Å². The Bertz CT molecular complexity index is 629. The zero-order chi connectivity index (χ0) is 20.4. The van der Waals surface area contributed by atoms with Gasteiger partial charge in [0.15, 0.2) is 5.96 Å². The van der Waals surface area contributed by atoms with Gasteiger partial charge in [0.25, 0.3) is 0 Å². The maximum Gasteiger partial charge on any atom is 0.222 e. The zero-order valence-corrected chi connectivity index (χ0v) is 17.9. The summed E-state index contributed by atoms with van der Waals surface area (Å²) in [7, 11) is 0. The highest BCUT2D eigenvalue weighted by Gasteiger charge is 2.21. The van der Waals surface area contributed by atoms with E-state index < -0.39 is 0 Å². The Morgan fingerprint density at radius 3 is 2.64 bits per heavy atom. The van der Waals surface area contributed by atoms with Crippen LogP contribution < -0.4 is 16.0 Å². The molecule has 6 heteroatoms. The maximum absolute atomic E-state index is 11.7. The first kappa shape index (κ1) is 22.2. The largest absolute Gasteiger partial charge is 0.357 e. The minimum Gasteiger partial charge on any atom is -0.357 e. The summed E-state index contributed by atoms with van der Waals surface area (Å²) in [4.78, 5) is 18.4. The summed E-state index contributed by atoms with van der Waals surface area (Å²) in [6.07, 6.45) is 2.64. The third-order valence-electron chi connectivity index (χ3n) is 4.95. The zero-order valence-electron chi connectivity index (χ0n) is 17.9. The third kappa shape index (κ3) is 7.50. The predicted molar refractivity (Wildman–Crippen MR) is 116 cm³/mol. The average molecular weight is 388 g/mol. The molecule has 156 valence electrons. The van der Waals surface area contributed by atoms with E-state index >= 15 is 0 Å². The highest BCUT2D eigenvalue weighted by molar-refractivity contribution is 5.80. The number of carbonyl (C=O) groups is 1. The second-order valence-corrected chi connectivity index (χ2v) is 8.12. The van der Waals surface area contributed by atoms with Gasteiger partial charge in [0.1, 0.15) is 0 Å². The molecule has 1 unspecified atom stereocenters. The highest BCUT2D eigenvalue weighted by atomic mass is 16.2. The minimum atomic E-state index is -0.125. The molecule has 0 bridgehead atoms. The Kier molecular flexibility index (Phi) is 8.77. The molecule has 1 fully saturated rings. The van der Waals surface area contributed by atoms with E-state index in [-0.39, 0.29) is 11.6 Å². The Balaban J connectivity index is 1.79. The number of likely N-dealkylation sites (tertiary alicyclic amines) is 1. The summed E-state index contributed by atoms with van der Waals surface area (Å²) in [6, 6.07) is 10.7. The van der Waals surface area contributed by atoms with Gasteiger partial charge in [-0.25, -0.2) is 0 Å². The molecule has 1 heterocycles. The van der Waals surface area contributed by atoms with Gasteiger partial charge in [-0.1, -0.05) is 30.3 Å². The molecule has 1 atom stereocenters. The van der Waals surface area contributed by atoms with E-state index in [2.05, 4.69) is 67.9 Å². The number of rotatable bonds is 10. The number of carbonyl (C=O) groups excluding carboxylic acids is 1. The quantitative estimate of drug-likeness (QED) is 0.328. The normalized spacial score (nSPS) is 16.4. The highest BCUT2D eigenvalue weighted by Crippen LogP contribution is 2.16. The van der Waals surface area contributed by atoms with Crippen molar-refractivity contribution in [3.05, 3.63) is 35.9 Å². The molecule has 3 N–H and O–H groups in total.